The van der Waals surface area contributed by atoms with E-state index >= 15 is 0 Å². The Morgan fingerprint density at radius 3 is 2.43 bits per heavy atom. The normalized spacial score (nSPS) is 10.6. The Morgan fingerprint density at radius 1 is 0.905 bits per heavy atom. The highest BCUT2D eigenvalue weighted by molar-refractivity contribution is 6.31. The van der Waals surface area contributed by atoms with Gasteiger partial charge in [-0.15, -0.1) is 0 Å². The van der Waals surface area contributed by atoms with E-state index in [0.717, 1.165) is 35.8 Å². The molecule has 0 saturated carbocycles. The quantitative estimate of drug-likeness (QED) is 0.573. The first-order chi connectivity index (χ1) is 10.2. The Labute approximate surface area is 132 Å². The second-order valence-electron chi connectivity index (χ2n) is 5.36. The second kappa shape index (κ2) is 8.09. The van der Waals surface area contributed by atoms with Crippen LogP contribution in [0.1, 0.15) is 44.2 Å². The Hall–Kier alpha value is -1.47. The van der Waals surface area contributed by atoms with E-state index < -0.39 is 0 Å². The lowest BCUT2D eigenvalue weighted by Crippen LogP contribution is -1.90. The van der Waals surface area contributed by atoms with Crippen molar-refractivity contribution < 1.29 is 4.74 Å². The lowest BCUT2D eigenvalue weighted by molar-refractivity contribution is 0.481. The number of ether oxygens (including phenoxy) is 1. The van der Waals surface area contributed by atoms with Crippen molar-refractivity contribution in [3.05, 3.63) is 58.6 Å². The summed E-state index contributed by atoms with van der Waals surface area (Å²) in [5.41, 5.74) is 2.51. The van der Waals surface area contributed by atoms with Crippen LogP contribution in [0, 0.1) is 0 Å². The van der Waals surface area contributed by atoms with E-state index in [9.17, 15) is 0 Å². The van der Waals surface area contributed by atoms with Gasteiger partial charge in [0.05, 0.1) is 0 Å². The van der Waals surface area contributed by atoms with Crippen LogP contribution in [0.3, 0.4) is 0 Å². The molecule has 0 unspecified atom stereocenters. The topological polar surface area (TPSA) is 9.23 Å². The largest absolute Gasteiger partial charge is 0.457 e. The molecule has 1 nitrogen and oxygen atoms in total. The van der Waals surface area contributed by atoms with Crippen LogP contribution >= 0.6 is 11.6 Å². The summed E-state index contributed by atoms with van der Waals surface area (Å²) >= 11 is 6.33. The third-order valence-electron chi connectivity index (χ3n) is 3.50. The maximum Gasteiger partial charge on any atom is 0.128 e. The molecule has 0 aliphatic carbocycles. The highest BCUT2D eigenvalue weighted by Gasteiger charge is 2.04. The lowest BCUT2D eigenvalue weighted by atomic mass is 10.1. The van der Waals surface area contributed by atoms with Gasteiger partial charge < -0.3 is 4.74 Å². The van der Waals surface area contributed by atoms with Gasteiger partial charge in [-0.3, -0.25) is 0 Å². The SMILES string of the molecule is CCCCc1ccc(Oc2cccc(CCC)c2)cc1Cl. The van der Waals surface area contributed by atoms with Crippen molar-refractivity contribution >= 4 is 11.6 Å². The number of aryl methyl sites for hydroxylation is 2. The molecule has 0 saturated heterocycles. The summed E-state index contributed by atoms with van der Waals surface area (Å²) in [6.45, 7) is 4.37. The minimum atomic E-state index is 0.797. The third-order valence-corrected chi connectivity index (χ3v) is 3.85. The van der Waals surface area contributed by atoms with Gasteiger partial charge in [0.15, 0.2) is 0 Å². The van der Waals surface area contributed by atoms with Gasteiger partial charge in [0.2, 0.25) is 0 Å². The maximum absolute atomic E-state index is 6.33. The summed E-state index contributed by atoms with van der Waals surface area (Å²) in [5, 5.41) is 0.797. The molecule has 2 heteroatoms. The molecule has 0 aliphatic rings. The number of benzene rings is 2. The number of rotatable bonds is 7. The van der Waals surface area contributed by atoms with Gasteiger partial charge in [-0.2, -0.15) is 0 Å². The van der Waals surface area contributed by atoms with Crippen LogP contribution in [0.15, 0.2) is 42.5 Å². The van der Waals surface area contributed by atoms with Crippen molar-refractivity contribution in [1.82, 2.24) is 0 Å². The molecule has 0 fully saturated rings. The Morgan fingerprint density at radius 2 is 1.71 bits per heavy atom. The summed E-state index contributed by atoms with van der Waals surface area (Å²) in [6, 6.07) is 14.3. The Kier molecular flexibility index (Phi) is 6.13. The maximum atomic E-state index is 6.33. The first-order valence-corrected chi connectivity index (χ1v) is 8.16. The third kappa shape index (κ3) is 4.78. The average Bonchev–Trinajstić information content (AvgIpc) is 2.47. The van der Waals surface area contributed by atoms with Gasteiger partial charge in [-0.25, -0.2) is 0 Å². The van der Waals surface area contributed by atoms with Gasteiger partial charge in [0.1, 0.15) is 11.5 Å². The summed E-state index contributed by atoms with van der Waals surface area (Å²) in [7, 11) is 0. The molecule has 2 aromatic rings. The fraction of sp³-hybridized carbons (Fsp3) is 0.368. The van der Waals surface area contributed by atoms with Gasteiger partial charge >= 0.3 is 0 Å². The highest BCUT2D eigenvalue weighted by Crippen LogP contribution is 2.28. The smallest absolute Gasteiger partial charge is 0.128 e. The molecule has 0 heterocycles. The number of halogens is 1. The van der Waals surface area contributed by atoms with Crippen LogP contribution in [0.2, 0.25) is 5.02 Å². The molecular formula is C19H23ClO. The standard InChI is InChI=1S/C19H23ClO/c1-3-5-9-16-11-12-18(14-19(16)20)21-17-10-6-8-15(13-17)7-4-2/h6,8,10-14H,3-5,7,9H2,1-2H3. The van der Waals surface area contributed by atoms with E-state index in [0.29, 0.717) is 0 Å². The molecule has 0 aliphatic heterocycles. The predicted octanol–water partition coefficient (Wildman–Crippen LogP) is 6.43. The minimum Gasteiger partial charge on any atom is -0.457 e. The van der Waals surface area contributed by atoms with E-state index in [1.54, 1.807) is 0 Å². The predicted molar refractivity (Wildman–Crippen MR) is 90.6 cm³/mol. The van der Waals surface area contributed by atoms with Crippen LogP contribution in [-0.2, 0) is 12.8 Å². The van der Waals surface area contributed by atoms with E-state index in [-0.39, 0.29) is 0 Å². The Balaban J connectivity index is 2.09. The van der Waals surface area contributed by atoms with E-state index in [4.69, 9.17) is 16.3 Å². The molecule has 0 amide bonds. The minimum absolute atomic E-state index is 0.797. The van der Waals surface area contributed by atoms with E-state index in [1.807, 2.05) is 24.3 Å². The highest BCUT2D eigenvalue weighted by atomic mass is 35.5. The fourth-order valence-electron chi connectivity index (χ4n) is 2.35. The molecule has 21 heavy (non-hydrogen) atoms. The average molecular weight is 303 g/mol. The molecule has 112 valence electrons. The zero-order valence-corrected chi connectivity index (χ0v) is 13.6. The molecule has 0 atom stereocenters. The van der Waals surface area contributed by atoms with Crippen LogP contribution in [-0.4, -0.2) is 0 Å². The van der Waals surface area contributed by atoms with Crippen molar-refractivity contribution in [3.63, 3.8) is 0 Å². The van der Waals surface area contributed by atoms with Crippen molar-refractivity contribution in [1.29, 1.82) is 0 Å². The summed E-state index contributed by atoms with van der Waals surface area (Å²) in [5.74, 6) is 1.67. The van der Waals surface area contributed by atoms with E-state index in [1.165, 1.54) is 24.0 Å². The van der Waals surface area contributed by atoms with Crippen LogP contribution in [0.5, 0.6) is 11.5 Å². The first-order valence-electron chi connectivity index (χ1n) is 7.78. The lowest BCUT2D eigenvalue weighted by Gasteiger charge is -2.10. The van der Waals surface area contributed by atoms with E-state index in [2.05, 4.69) is 32.0 Å². The molecule has 0 bridgehead atoms. The van der Waals surface area contributed by atoms with Crippen molar-refractivity contribution in [2.24, 2.45) is 0 Å². The van der Waals surface area contributed by atoms with Crippen molar-refractivity contribution in [3.8, 4) is 11.5 Å². The molecule has 2 rings (SSSR count). The summed E-state index contributed by atoms with van der Waals surface area (Å²) in [4.78, 5) is 0. The van der Waals surface area contributed by atoms with Crippen LogP contribution < -0.4 is 4.74 Å². The van der Waals surface area contributed by atoms with Crippen LogP contribution in [0.25, 0.3) is 0 Å². The van der Waals surface area contributed by atoms with Crippen molar-refractivity contribution in [2.45, 2.75) is 46.0 Å². The van der Waals surface area contributed by atoms with Crippen molar-refractivity contribution in [2.75, 3.05) is 0 Å². The molecule has 0 N–H and O–H groups in total. The summed E-state index contributed by atoms with van der Waals surface area (Å²) in [6.07, 6.45) is 5.59. The number of hydrogen-bond donors (Lipinski definition) is 0. The van der Waals surface area contributed by atoms with Gasteiger partial charge in [-0.1, -0.05) is 56.5 Å². The Bertz CT molecular complexity index is 578. The fourth-order valence-corrected chi connectivity index (χ4v) is 2.62. The second-order valence-corrected chi connectivity index (χ2v) is 5.76. The van der Waals surface area contributed by atoms with Crippen LogP contribution in [0.4, 0.5) is 0 Å². The van der Waals surface area contributed by atoms with Gasteiger partial charge in [-0.05, 0) is 54.7 Å². The molecule has 2 aromatic carbocycles. The number of hydrogen-bond acceptors (Lipinski definition) is 1. The zero-order chi connectivity index (χ0) is 15.1. The summed E-state index contributed by atoms with van der Waals surface area (Å²) < 4.78 is 5.92. The number of unbranched alkanes of at least 4 members (excludes halogenated alkanes) is 1. The zero-order valence-electron chi connectivity index (χ0n) is 12.9. The first kappa shape index (κ1) is 15.9. The monoisotopic (exact) mass is 302 g/mol. The molecule has 0 aromatic heterocycles. The molecule has 0 radical (unpaired) electrons. The molecular weight excluding hydrogens is 280 g/mol. The molecule has 0 spiro atoms. The van der Waals surface area contributed by atoms with Gasteiger partial charge in [0, 0.05) is 5.02 Å². The van der Waals surface area contributed by atoms with Gasteiger partial charge in [0.25, 0.3) is 0 Å².